The number of hydrogen-bond donors (Lipinski definition) is 1. The molecule has 2 aromatic rings. The van der Waals surface area contributed by atoms with Crippen LogP contribution in [0.25, 0.3) is 5.69 Å². The topological polar surface area (TPSA) is 50.2 Å². The summed E-state index contributed by atoms with van der Waals surface area (Å²) in [5.74, 6) is -1.39. The Morgan fingerprint density at radius 3 is 2.89 bits per heavy atom. The molecule has 1 atom stereocenters. The van der Waals surface area contributed by atoms with E-state index >= 15 is 0 Å². The maximum Gasteiger partial charge on any atom is 0.274 e. The van der Waals surface area contributed by atoms with Gasteiger partial charge in [0.2, 0.25) is 0 Å². The molecule has 0 bridgehead atoms. The van der Waals surface area contributed by atoms with Crippen LogP contribution in [0.4, 0.5) is 8.78 Å². The normalized spacial score (nSPS) is 19.4. The first kappa shape index (κ1) is 18.1. The third-order valence-corrected chi connectivity index (χ3v) is 5.58. The van der Waals surface area contributed by atoms with Crippen LogP contribution in [-0.2, 0) is 12.8 Å². The average molecular weight is 374 g/mol. The summed E-state index contributed by atoms with van der Waals surface area (Å²) in [4.78, 5) is 15.1. The standard InChI is InChI=1S/C20H24F2N4O/c1-23-11-13-4-3-9-25(12-13)20(27)19-15-5-2-6-18(15)26(24-19)14-7-8-16(21)17(22)10-14/h7-8,10,13,23H,2-6,9,11-12H2,1H3. The van der Waals surface area contributed by atoms with Crippen molar-refractivity contribution in [2.75, 3.05) is 26.7 Å². The molecule has 1 aliphatic carbocycles. The van der Waals surface area contributed by atoms with Crippen LogP contribution in [0.5, 0.6) is 0 Å². The third-order valence-electron chi connectivity index (χ3n) is 5.58. The van der Waals surface area contributed by atoms with Gasteiger partial charge in [-0.2, -0.15) is 5.10 Å². The van der Waals surface area contributed by atoms with Crippen molar-refractivity contribution in [3.05, 3.63) is 46.8 Å². The second kappa shape index (κ2) is 7.38. The Morgan fingerprint density at radius 2 is 2.11 bits per heavy atom. The zero-order valence-corrected chi connectivity index (χ0v) is 15.5. The predicted octanol–water partition coefficient (Wildman–Crippen LogP) is 2.71. The van der Waals surface area contributed by atoms with Gasteiger partial charge < -0.3 is 10.2 Å². The van der Waals surface area contributed by atoms with E-state index in [1.165, 1.54) is 6.07 Å². The maximum absolute atomic E-state index is 13.7. The lowest BCUT2D eigenvalue weighted by Gasteiger charge is -2.32. The predicted molar refractivity (Wildman–Crippen MR) is 98.1 cm³/mol. The van der Waals surface area contributed by atoms with Gasteiger partial charge >= 0.3 is 0 Å². The number of halogens is 2. The van der Waals surface area contributed by atoms with Crippen LogP contribution < -0.4 is 5.32 Å². The average Bonchev–Trinajstić information content (AvgIpc) is 3.27. The number of nitrogens with zero attached hydrogens (tertiary/aromatic N) is 3. The summed E-state index contributed by atoms with van der Waals surface area (Å²) in [6.07, 6.45) is 4.64. The highest BCUT2D eigenvalue weighted by Crippen LogP contribution is 2.30. The summed E-state index contributed by atoms with van der Waals surface area (Å²) in [7, 11) is 1.93. The fraction of sp³-hybridized carbons (Fsp3) is 0.500. The molecule has 1 saturated heterocycles. The highest BCUT2D eigenvalue weighted by molar-refractivity contribution is 5.94. The van der Waals surface area contributed by atoms with Gasteiger partial charge in [0.25, 0.3) is 5.91 Å². The van der Waals surface area contributed by atoms with Crippen molar-refractivity contribution in [2.45, 2.75) is 32.1 Å². The number of hydrogen-bond acceptors (Lipinski definition) is 3. The van der Waals surface area contributed by atoms with Gasteiger partial charge in [0.1, 0.15) is 0 Å². The Balaban J connectivity index is 1.66. The number of rotatable bonds is 4. The molecule has 1 unspecified atom stereocenters. The van der Waals surface area contributed by atoms with E-state index in [-0.39, 0.29) is 5.91 Å². The van der Waals surface area contributed by atoms with Crippen LogP contribution in [0.3, 0.4) is 0 Å². The van der Waals surface area contributed by atoms with Gasteiger partial charge in [-0.15, -0.1) is 0 Å². The molecule has 0 spiro atoms. The number of piperidine rings is 1. The minimum absolute atomic E-state index is 0.0460. The first-order valence-corrected chi connectivity index (χ1v) is 9.58. The van der Waals surface area contributed by atoms with Gasteiger partial charge in [-0.05, 0) is 63.7 Å². The van der Waals surface area contributed by atoms with Gasteiger partial charge in [0, 0.05) is 30.4 Å². The van der Waals surface area contributed by atoms with Crippen molar-refractivity contribution < 1.29 is 13.6 Å². The number of amides is 1. The van der Waals surface area contributed by atoms with Crippen molar-refractivity contribution in [3.63, 3.8) is 0 Å². The molecule has 1 aromatic heterocycles. The zero-order chi connectivity index (χ0) is 19.0. The molecule has 1 fully saturated rings. The number of benzene rings is 1. The summed E-state index contributed by atoms with van der Waals surface area (Å²) in [5, 5.41) is 7.73. The molecule has 2 heterocycles. The second-order valence-corrected chi connectivity index (χ2v) is 7.45. The fourth-order valence-corrected chi connectivity index (χ4v) is 4.29. The van der Waals surface area contributed by atoms with Crippen LogP contribution in [0, 0.1) is 17.6 Å². The first-order valence-electron chi connectivity index (χ1n) is 9.58. The summed E-state index contributed by atoms with van der Waals surface area (Å²) in [5.41, 5.74) is 2.82. The number of fused-ring (bicyclic) bond motifs is 1. The Bertz CT molecular complexity index is 862. The number of aromatic nitrogens is 2. The molecule has 1 aromatic carbocycles. The number of nitrogens with one attached hydrogen (secondary N) is 1. The van der Waals surface area contributed by atoms with Crippen molar-refractivity contribution in [1.29, 1.82) is 0 Å². The van der Waals surface area contributed by atoms with E-state index in [4.69, 9.17) is 0 Å². The number of carbonyl (C=O) groups excluding carboxylic acids is 1. The van der Waals surface area contributed by atoms with E-state index in [1.807, 2.05) is 11.9 Å². The minimum atomic E-state index is -0.909. The van der Waals surface area contributed by atoms with Crippen LogP contribution >= 0.6 is 0 Å². The Hall–Kier alpha value is -2.28. The fourth-order valence-electron chi connectivity index (χ4n) is 4.29. The summed E-state index contributed by atoms with van der Waals surface area (Å²) in [6.45, 7) is 2.36. The largest absolute Gasteiger partial charge is 0.337 e. The van der Waals surface area contributed by atoms with Gasteiger partial charge in [-0.3, -0.25) is 4.79 Å². The number of carbonyl (C=O) groups is 1. The molecule has 0 saturated carbocycles. The van der Waals surface area contributed by atoms with Crippen molar-refractivity contribution in [2.24, 2.45) is 5.92 Å². The molecule has 1 N–H and O–H groups in total. The minimum Gasteiger partial charge on any atom is -0.337 e. The van der Waals surface area contributed by atoms with Gasteiger partial charge in [0.05, 0.1) is 5.69 Å². The quantitative estimate of drug-likeness (QED) is 0.895. The summed E-state index contributed by atoms with van der Waals surface area (Å²) in [6, 6.07) is 3.74. The summed E-state index contributed by atoms with van der Waals surface area (Å²) < 4.78 is 28.6. The Morgan fingerprint density at radius 1 is 1.26 bits per heavy atom. The molecular formula is C20H24F2N4O. The monoisotopic (exact) mass is 374 g/mol. The second-order valence-electron chi connectivity index (χ2n) is 7.45. The van der Waals surface area contributed by atoms with Crippen LogP contribution in [0.1, 0.15) is 41.0 Å². The summed E-state index contributed by atoms with van der Waals surface area (Å²) >= 11 is 0. The SMILES string of the molecule is CNCC1CCCN(C(=O)c2nn(-c3ccc(F)c(F)c3)c3c2CCC3)C1. The van der Waals surface area contributed by atoms with Gasteiger partial charge in [0.15, 0.2) is 17.3 Å². The molecule has 1 aliphatic heterocycles. The van der Waals surface area contributed by atoms with E-state index in [0.29, 0.717) is 17.3 Å². The molecule has 144 valence electrons. The first-order chi connectivity index (χ1) is 13.1. The van der Waals surface area contributed by atoms with Gasteiger partial charge in [-0.1, -0.05) is 0 Å². The van der Waals surface area contributed by atoms with E-state index in [0.717, 1.165) is 75.1 Å². The zero-order valence-electron chi connectivity index (χ0n) is 15.5. The lowest BCUT2D eigenvalue weighted by molar-refractivity contribution is 0.0666. The highest BCUT2D eigenvalue weighted by atomic mass is 19.2. The van der Waals surface area contributed by atoms with Crippen LogP contribution in [-0.4, -0.2) is 47.3 Å². The van der Waals surface area contributed by atoms with E-state index in [1.54, 1.807) is 4.68 Å². The lowest BCUT2D eigenvalue weighted by Crippen LogP contribution is -2.42. The molecule has 4 rings (SSSR count). The third kappa shape index (κ3) is 3.36. The Kier molecular flexibility index (Phi) is 4.95. The van der Waals surface area contributed by atoms with E-state index < -0.39 is 11.6 Å². The molecule has 2 aliphatic rings. The highest BCUT2D eigenvalue weighted by Gasteiger charge is 2.31. The van der Waals surface area contributed by atoms with Crippen molar-refractivity contribution in [1.82, 2.24) is 20.0 Å². The molecule has 7 heteroatoms. The maximum atomic E-state index is 13.7. The molecule has 27 heavy (non-hydrogen) atoms. The van der Waals surface area contributed by atoms with Crippen LogP contribution in [0.15, 0.2) is 18.2 Å². The molecule has 0 radical (unpaired) electrons. The van der Waals surface area contributed by atoms with Gasteiger partial charge in [-0.25, -0.2) is 13.5 Å². The lowest BCUT2D eigenvalue weighted by atomic mass is 9.97. The van der Waals surface area contributed by atoms with E-state index in [9.17, 15) is 13.6 Å². The molecular weight excluding hydrogens is 350 g/mol. The molecule has 5 nitrogen and oxygen atoms in total. The Labute approximate surface area is 157 Å². The van der Waals surface area contributed by atoms with Crippen LogP contribution in [0.2, 0.25) is 0 Å². The smallest absolute Gasteiger partial charge is 0.274 e. The van der Waals surface area contributed by atoms with E-state index in [2.05, 4.69) is 10.4 Å². The molecule has 1 amide bonds. The van der Waals surface area contributed by atoms with Crippen molar-refractivity contribution >= 4 is 5.91 Å². The number of likely N-dealkylation sites (tertiary alicyclic amines) is 1. The van der Waals surface area contributed by atoms with Crippen molar-refractivity contribution in [3.8, 4) is 5.69 Å².